The summed E-state index contributed by atoms with van der Waals surface area (Å²) in [4.78, 5) is 31.7. The molecule has 1 saturated carbocycles. The number of carbonyl (C=O) groups is 2. The summed E-state index contributed by atoms with van der Waals surface area (Å²) in [5.41, 5.74) is 0.668. The summed E-state index contributed by atoms with van der Waals surface area (Å²) < 4.78 is 18.6. The molecule has 2 amide bonds. The molecule has 3 rings (SSSR count). The minimum atomic E-state index is -0.984. The Morgan fingerprint density at radius 2 is 1.91 bits per heavy atom. The van der Waals surface area contributed by atoms with Crippen LogP contribution in [-0.4, -0.2) is 41.1 Å². The number of ether oxygens (including phenoxy) is 1. The predicted molar refractivity (Wildman–Crippen MR) is 127 cm³/mol. The van der Waals surface area contributed by atoms with Gasteiger partial charge in [0.15, 0.2) is 0 Å². The number of aromatic nitrogens is 1. The van der Waals surface area contributed by atoms with Crippen LogP contribution in [0.4, 0.5) is 14.9 Å². The largest absolute Gasteiger partial charge is 0.481 e. The lowest BCUT2D eigenvalue weighted by atomic mass is 9.89. The number of pyridine rings is 1. The van der Waals surface area contributed by atoms with Crippen LogP contribution >= 0.6 is 0 Å². The third kappa shape index (κ3) is 8.34. The SMILES string of the molecule is C[C@@H](CNC(=O)NC(=NCC1CCCCC1)Nc1ccc(Oc2ccc(F)cn2)cc1)C(=O)O. The van der Waals surface area contributed by atoms with Crippen molar-refractivity contribution in [3.05, 3.63) is 48.4 Å². The Morgan fingerprint density at radius 1 is 1.18 bits per heavy atom. The van der Waals surface area contributed by atoms with Crippen molar-refractivity contribution < 1.29 is 23.8 Å². The Balaban J connectivity index is 1.62. The molecule has 10 heteroatoms. The Kier molecular flexibility index (Phi) is 9.19. The van der Waals surface area contributed by atoms with Gasteiger partial charge in [-0.3, -0.25) is 15.1 Å². The van der Waals surface area contributed by atoms with E-state index in [1.165, 1.54) is 38.3 Å². The first-order valence-corrected chi connectivity index (χ1v) is 11.4. The molecule has 0 radical (unpaired) electrons. The van der Waals surface area contributed by atoms with E-state index in [0.717, 1.165) is 19.0 Å². The lowest BCUT2D eigenvalue weighted by Crippen LogP contribution is -2.44. The Bertz CT molecular complexity index is 976. The first-order chi connectivity index (χ1) is 16.4. The Labute approximate surface area is 197 Å². The van der Waals surface area contributed by atoms with E-state index in [1.54, 1.807) is 24.3 Å². The molecule has 1 aromatic heterocycles. The highest BCUT2D eigenvalue weighted by atomic mass is 19.1. The molecule has 2 aromatic rings. The van der Waals surface area contributed by atoms with Crippen LogP contribution in [0.3, 0.4) is 0 Å². The number of hydrogen-bond donors (Lipinski definition) is 4. The van der Waals surface area contributed by atoms with Crippen molar-refractivity contribution in [3.63, 3.8) is 0 Å². The van der Waals surface area contributed by atoms with Crippen molar-refractivity contribution in [2.24, 2.45) is 16.8 Å². The third-order valence-corrected chi connectivity index (χ3v) is 5.49. The number of nitrogens with zero attached hydrogens (tertiary/aromatic N) is 2. The maximum Gasteiger partial charge on any atom is 0.321 e. The summed E-state index contributed by atoms with van der Waals surface area (Å²) in [5, 5.41) is 17.3. The van der Waals surface area contributed by atoms with Crippen molar-refractivity contribution in [1.82, 2.24) is 15.6 Å². The molecule has 34 heavy (non-hydrogen) atoms. The van der Waals surface area contributed by atoms with Gasteiger partial charge in [-0.2, -0.15) is 0 Å². The van der Waals surface area contributed by atoms with Gasteiger partial charge in [-0.15, -0.1) is 0 Å². The number of rotatable bonds is 8. The van der Waals surface area contributed by atoms with Gasteiger partial charge in [0, 0.05) is 24.8 Å². The van der Waals surface area contributed by atoms with Gasteiger partial charge >= 0.3 is 12.0 Å². The number of aliphatic imine (C=N–C) groups is 1. The van der Waals surface area contributed by atoms with Gasteiger partial charge < -0.3 is 20.5 Å². The topological polar surface area (TPSA) is 125 Å². The lowest BCUT2D eigenvalue weighted by molar-refractivity contribution is -0.140. The van der Waals surface area contributed by atoms with Crippen molar-refractivity contribution in [3.8, 4) is 11.6 Å². The highest BCUT2D eigenvalue weighted by molar-refractivity contribution is 6.03. The fourth-order valence-corrected chi connectivity index (χ4v) is 3.47. The fourth-order valence-electron chi connectivity index (χ4n) is 3.47. The zero-order valence-corrected chi connectivity index (χ0v) is 19.1. The number of amides is 2. The number of aliphatic carboxylic acids is 1. The number of guanidine groups is 1. The number of urea groups is 1. The molecule has 0 bridgehead atoms. The zero-order valence-electron chi connectivity index (χ0n) is 19.1. The van der Waals surface area contributed by atoms with Gasteiger partial charge in [0.2, 0.25) is 11.8 Å². The molecule has 0 unspecified atom stereocenters. The van der Waals surface area contributed by atoms with Crippen molar-refractivity contribution in [2.75, 3.05) is 18.4 Å². The minimum Gasteiger partial charge on any atom is -0.481 e. The van der Waals surface area contributed by atoms with Crippen LogP contribution in [-0.2, 0) is 4.79 Å². The quantitative estimate of drug-likeness (QED) is 0.334. The number of anilines is 1. The van der Waals surface area contributed by atoms with Crippen LogP contribution in [0.25, 0.3) is 0 Å². The molecule has 1 aromatic carbocycles. The summed E-state index contributed by atoms with van der Waals surface area (Å²) in [5.74, 6) is -0.598. The van der Waals surface area contributed by atoms with Gasteiger partial charge in [0.05, 0.1) is 12.1 Å². The number of carbonyl (C=O) groups excluding carboxylic acids is 1. The summed E-state index contributed by atoms with van der Waals surface area (Å²) in [6.45, 7) is 2.11. The van der Waals surface area contributed by atoms with Crippen LogP contribution in [0.15, 0.2) is 47.6 Å². The average Bonchev–Trinajstić information content (AvgIpc) is 2.84. The lowest BCUT2D eigenvalue weighted by Gasteiger charge is -2.20. The van der Waals surface area contributed by atoms with E-state index in [1.807, 2.05) is 0 Å². The maximum atomic E-state index is 13.0. The molecule has 9 nitrogen and oxygen atoms in total. The van der Waals surface area contributed by atoms with E-state index in [2.05, 4.69) is 25.9 Å². The molecule has 1 heterocycles. The van der Waals surface area contributed by atoms with Crippen LogP contribution in [0.2, 0.25) is 0 Å². The molecular weight excluding hydrogens is 441 g/mol. The van der Waals surface area contributed by atoms with E-state index >= 15 is 0 Å². The van der Waals surface area contributed by atoms with E-state index in [4.69, 9.17) is 9.84 Å². The number of hydrogen-bond acceptors (Lipinski definition) is 5. The first kappa shape index (κ1) is 24.9. The number of nitrogens with one attached hydrogen (secondary N) is 3. The number of halogens is 1. The second kappa shape index (κ2) is 12.5. The predicted octanol–water partition coefficient (Wildman–Crippen LogP) is 4.38. The summed E-state index contributed by atoms with van der Waals surface area (Å²) in [6, 6.07) is 9.08. The van der Waals surface area contributed by atoms with Crippen LogP contribution in [0, 0.1) is 17.7 Å². The Morgan fingerprint density at radius 3 is 2.56 bits per heavy atom. The van der Waals surface area contributed by atoms with E-state index in [0.29, 0.717) is 23.9 Å². The summed E-state index contributed by atoms with van der Waals surface area (Å²) in [7, 11) is 0. The summed E-state index contributed by atoms with van der Waals surface area (Å²) in [6.07, 6.45) is 6.93. The van der Waals surface area contributed by atoms with Gasteiger partial charge in [-0.1, -0.05) is 26.2 Å². The molecule has 182 valence electrons. The van der Waals surface area contributed by atoms with Gasteiger partial charge in [0.1, 0.15) is 11.6 Å². The third-order valence-electron chi connectivity index (χ3n) is 5.49. The molecule has 4 N–H and O–H groups in total. The molecular formula is C24H30FN5O4. The van der Waals surface area contributed by atoms with Crippen LogP contribution in [0.1, 0.15) is 39.0 Å². The van der Waals surface area contributed by atoms with Crippen LogP contribution in [0.5, 0.6) is 11.6 Å². The standard InChI is InChI=1S/C24H30FN5O4/c1-16(22(31)32)13-28-24(33)30-23(27-14-17-5-3-2-4-6-17)29-19-8-10-20(11-9-19)34-21-12-7-18(25)15-26-21/h7-12,15-17H,2-6,13-14H2,1H3,(H,31,32)(H3,27,28,29,30,33)/t16-/m0/s1. The highest BCUT2D eigenvalue weighted by Crippen LogP contribution is 2.24. The highest BCUT2D eigenvalue weighted by Gasteiger charge is 2.15. The number of benzene rings is 1. The fraction of sp³-hybridized carbons (Fsp3) is 0.417. The van der Waals surface area contributed by atoms with Gasteiger partial charge in [-0.05, 0) is 49.1 Å². The average molecular weight is 472 g/mol. The van der Waals surface area contributed by atoms with Crippen molar-refractivity contribution in [1.29, 1.82) is 0 Å². The first-order valence-electron chi connectivity index (χ1n) is 11.4. The zero-order chi connectivity index (χ0) is 24.3. The molecule has 1 aliphatic carbocycles. The van der Waals surface area contributed by atoms with Gasteiger partial charge in [0.25, 0.3) is 0 Å². The minimum absolute atomic E-state index is 0.000524. The molecule has 1 atom stereocenters. The van der Waals surface area contributed by atoms with Crippen LogP contribution < -0.4 is 20.7 Å². The second-order valence-electron chi connectivity index (χ2n) is 8.33. The molecule has 1 aliphatic rings. The number of carboxylic acid groups (broad SMARTS) is 1. The maximum absolute atomic E-state index is 13.0. The van der Waals surface area contributed by atoms with Crippen molar-refractivity contribution >= 4 is 23.6 Å². The smallest absolute Gasteiger partial charge is 0.321 e. The van der Waals surface area contributed by atoms with Gasteiger partial charge in [-0.25, -0.2) is 14.2 Å². The van der Waals surface area contributed by atoms with E-state index in [9.17, 15) is 14.0 Å². The number of carboxylic acids is 1. The Hall–Kier alpha value is -3.69. The van der Waals surface area contributed by atoms with E-state index in [-0.39, 0.29) is 18.4 Å². The molecule has 0 aliphatic heterocycles. The van der Waals surface area contributed by atoms with Crippen molar-refractivity contribution in [2.45, 2.75) is 39.0 Å². The monoisotopic (exact) mass is 471 g/mol. The normalized spacial score (nSPS) is 15.3. The second-order valence-corrected chi connectivity index (χ2v) is 8.33. The summed E-state index contributed by atoms with van der Waals surface area (Å²) >= 11 is 0. The molecule has 0 saturated heterocycles. The van der Waals surface area contributed by atoms with E-state index < -0.39 is 23.7 Å². The molecule has 0 spiro atoms. The molecule has 1 fully saturated rings.